The quantitative estimate of drug-likeness (QED) is 0.707. The zero-order valence-corrected chi connectivity index (χ0v) is 13.8. The predicted molar refractivity (Wildman–Crippen MR) is 90.8 cm³/mol. The maximum absolute atomic E-state index is 13.5. The number of nitrogens with one attached hydrogen (secondary N) is 2. The number of carbonyl (C=O) groups is 1. The number of carbonyl (C=O) groups excluding carboxylic acids is 1. The molecule has 0 saturated heterocycles. The van der Waals surface area contributed by atoms with Crippen LogP contribution in [0, 0.1) is 12.7 Å². The minimum absolute atomic E-state index is 0.309. The molecule has 2 N–H and O–H groups in total. The summed E-state index contributed by atoms with van der Waals surface area (Å²) in [5.41, 5.74) is 2.80. The maximum atomic E-state index is 13.5. The number of nitrogens with zero attached hydrogens (tertiary/aromatic N) is 1. The van der Waals surface area contributed by atoms with E-state index in [4.69, 9.17) is 0 Å². The molecule has 1 heterocycles. The Morgan fingerprint density at radius 3 is 2.61 bits per heavy atom. The van der Waals surface area contributed by atoms with Gasteiger partial charge in [0.25, 0.3) is 5.91 Å². The molecule has 0 saturated carbocycles. The van der Waals surface area contributed by atoms with Crippen LogP contribution in [0.15, 0.2) is 53.0 Å². The molecule has 0 unspecified atom stereocenters. The predicted octanol–water partition coefficient (Wildman–Crippen LogP) is 4.54. The van der Waals surface area contributed by atoms with Gasteiger partial charge in [0.1, 0.15) is 11.5 Å². The molecule has 3 aromatic rings. The standard InChI is InChI=1S/C17H13BrFN3O/c1-10-2-7-13(8-14(10)19)20-17(23)16-9-15(21-22-16)11-3-5-12(18)6-4-11/h2-9H,1H3,(H,20,23)(H,21,22). The molecule has 0 radical (unpaired) electrons. The van der Waals surface area contributed by atoms with E-state index in [1.807, 2.05) is 24.3 Å². The third-order valence-corrected chi connectivity index (χ3v) is 3.92. The van der Waals surface area contributed by atoms with Crippen molar-refractivity contribution in [3.05, 3.63) is 70.1 Å². The van der Waals surface area contributed by atoms with Gasteiger partial charge in [-0.25, -0.2) is 4.39 Å². The molecule has 0 aliphatic carbocycles. The monoisotopic (exact) mass is 373 g/mol. The van der Waals surface area contributed by atoms with Crippen molar-refractivity contribution in [3.63, 3.8) is 0 Å². The number of aryl methyl sites for hydroxylation is 1. The Hall–Kier alpha value is -2.47. The van der Waals surface area contributed by atoms with Crippen molar-refractivity contribution in [1.82, 2.24) is 10.2 Å². The molecule has 3 rings (SSSR count). The average Bonchev–Trinajstić information content (AvgIpc) is 3.02. The van der Waals surface area contributed by atoms with Crippen LogP contribution in [0.25, 0.3) is 11.3 Å². The lowest BCUT2D eigenvalue weighted by Gasteiger charge is -2.04. The number of H-pyrrole nitrogens is 1. The number of hydrogen-bond donors (Lipinski definition) is 2. The largest absolute Gasteiger partial charge is 0.321 e. The van der Waals surface area contributed by atoms with E-state index in [0.29, 0.717) is 22.6 Å². The Balaban J connectivity index is 1.78. The van der Waals surface area contributed by atoms with Gasteiger partial charge in [-0.05, 0) is 42.8 Å². The Bertz CT molecular complexity index is 859. The van der Waals surface area contributed by atoms with Crippen molar-refractivity contribution < 1.29 is 9.18 Å². The highest BCUT2D eigenvalue weighted by molar-refractivity contribution is 9.10. The molecular formula is C17H13BrFN3O. The summed E-state index contributed by atoms with van der Waals surface area (Å²) in [6.07, 6.45) is 0. The van der Waals surface area contributed by atoms with Crippen LogP contribution in [0.2, 0.25) is 0 Å². The van der Waals surface area contributed by atoms with Gasteiger partial charge in [-0.3, -0.25) is 9.89 Å². The van der Waals surface area contributed by atoms with Crippen LogP contribution >= 0.6 is 15.9 Å². The van der Waals surface area contributed by atoms with Gasteiger partial charge in [-0.2, -0.15) is 5.10 Å². The number of halogens is 2. The molecule has 1 aromatic heterocycles. The van der Waals surface area contributed by atoms with Crippen molar-refractivity contribution >= 4 is 27.5 Å². The molecule has 0 aliphatic heterocycles. The van der Waals surface area contributed by atoms with Gasteiger partial charge in [0.2, 0.25) is 0 Å². The van der Waals surface area contributed by atoms with Crippen LogP contribution in [0.3, 0.4) is 0 Å². The highest BCUT2D eigenvalue weighted by Gasteiger charge is 2.12. The lowest BCUT2D eigenvalue weighted by atomic mass is 10.1. The summed E-state index contributed by atoms with van der Waals surface area (Å²) in [6.45, 7) is 1.67. The van der Waals surface area contributed by atoms with E-state index in [0.717, 1.165) is 10.0 Å². The number of aromatic amines is 1. The van der Waals surface area contributed by atoms with Gasteiger partial charge in [-0.15, -0.1) is 0 Å². The number of benzene rings is 2. The molecule has 0 atom stereocenters. The van der Waals surface area contributed by atoms with Crippen LogP contribution in [-0.4, -0.2) is 16.1 Å². The van der Waals surface area contributed by atoms with Gasteiger partial charge in [0, 0.05) is 15.7 Å². The lowest BCUT2D eigenvalue weighted by Crippen LogP contribution is -2.12. The Labute approximate surface area is 140 Å². The van der Waals surface area contributed by atoms with Crippen LogP contribution in [0.1, 0.15) is 16.1 Å². The normalized spacial score (nSPS) is 10.6. The van der Waals surface area contributed by atoms with Crippen LogP contribution < -0.4 is 5.32 Å². The molecular weight excluding hydrogens is 361 g/mol. The van der Waals surface area contributed by atoms with Crippen LogP contribution in [-0.2, 0) is 0 Å². The topological polar surface area (TPSA) is 57.8 Å². The van der Waals surface area contributed by atoms with Crippen LogP contribution in [0.5, 0.6) is 0 Å². The summed E-state index contributed by atoms with van der Waals surface area (Å²) >= 11 is 3.37. The third-order valence-electron chi connectivity index (χ3n) is 3.39. The molecule has 0 spiro atoms. The first kappa shape index (κ1) is 15.4. The number of amides is 1. The van der Waals surface area contributed by atoms with E-state index in [1.54, 1.807) is 25.1 Å². The highest BCUT2D eigenvalue weighted by Crippen LogP contribution is 2.21. The maximum Gasteiger partial charge on any atom is 0.273 e. The fourth-order valence-corrected chi connectivity index (χ4v) is 2.34. The first-order chi connectivity index (χ1) is 11.0. The molecule has 1 amide bonds. The minimum Gasteiger partial charge on any atom is -0.321 e. The zero-order chi connectivity index (χ0) is 16.4. The van der Waals surface area contributed by atoms with Gasteiger partial charge in [-0.1, -0.05) is 34.1 Å². The van der Waals surface area contributed by atoms with Gasteiger partial charge >= 0.3 is 0 Å². The van der Waals surface area contributed by atoms with E-state index >= 15 is 0 Å². The fraction of sp³-hybridized carbons (Fsp3) is 0.0588. The van der Waals surface area contributed by atoms with E-state index in [9.17, 15) is 9.18 Å². The van der Waals surface area contributed by atoms with E-state index in [-0.39, 0.29) is 11.7 Å². The number of rotatable bonds is 3. The summed E-state index contributed by atoms with van der Waals surface area (Å²) in [7, 11) is 0. The molecule has 0 bridgehead atoms. The van der Waals surface area contributed by atoms with Crippen molar-refractivity contribution in [3.8, 4) is 11.3 Å². The Morgan fingerprint density at radius 2 is 1.91 bits per heavy atom. The Morgan fingerprint density at radius 1 is 1.17 bits per heavy atom. The lowest BCUT2D eigenvalue weighted by molar-refractivity contribution is 0.102. The molecule has 23 heavy (non-hydrogen) atoms. The first-order valence-electron chi connectivity index (χ1n) is 6.92. The minimum atomic E-state index is -0.371. The third kappa shape index (κ3) is 3.48. The van der Waals surface area contributed by atoms with Crippen molar-refractivity contribution in [2.24, 2.45) is 0 Å². The highest BCUT2D eigenvalue weighted by atomic mass is 79.9. The number of hydrogen-bond acceptors (Lipinski definition) is 2. The van der Waals surface area contributed by atoms with Crippen molar-refractivity contribution in [1.29, 1.82) is 0 Å². The van der Waals surface area contributed by atoms with Gasteiger partial charge < -0.3 is 5.32 Å². The number of anilines is 1. The second-order valence-electron chi connectivity index (χ2n) is 5.09. The van der Waals surface area contributed by atoms with Gasteiger partial charge in [0.05, 0.1) is 5.69 Å². The Kier molecular flexibility index (Phi) is 4.25. The van der Waals surface area contributed by atoms with Gasteiger partial charge in [0.15, 0.2) is 0 Å². The number of aromatic nitrogens is 2. The average molecular weight is 374 g/mol. The molecule has 116 valence electrons. The molecule has 0 fully saturated rings. The van der Waals surface area contributed by atoms with Crippen molar-refractivity contribution in [2.45, 2.75) is 6.92 Å². The second kappa shape index (κ2) is 6.34. The SMILES string of the molecule is Cc1ccc(NC(=O)c2cc(-c3ccc(Br)cc3)n[nH]2)cc1F. The smallest absolute Gasteiger partial charge is 0.273 e. The zero-order valence-electron chi connectivity index (χ0n) is 12.2. The summed E-state index contributed by atoms with van der Waals surface area (Å²) in [5, 5.41) is 9.48. The summed E-state index contributed by atoms with van der Waals surface area (Å²) in [6, 6.07) is 13.8. The van der Waals surface area contributed by atoms with Crippen molar-refractivity contribution in [2.75, 3.05) is 5.32 Å². The molecule has 0 aliphatic rings. The molecule has 4 nitrogen and oxygen atoms in total. The summed E-state index contributed by atoms with van der Waals surface area (Å²) in [4.78, 5) is 12.2. The van der Waals surface area contributed by atoms with E-state index in [1.165, 1.54) is 6.07 Å². The molecule has 2 aromatic carbocycles. The second-order valence-corrected chi connectivity index (χ2v) is 6.01. The van der Waals surface area contributed by atoms with E-state index in [2.05, 4.69) is 31.4 Å². The summed E-state index contributed by atoms with van der Waals surface area (Å²) < 4.78 is 14.5. The molecule has 6 heteroatoms. The van der Waals surface area contributed by atoms with E-state index < -0.39 is 0 Å². The summed E-state index contributed by atoms with van der Waals surface area (Å²) in [5.74, 6) is -0.730. The fourth-order valence-electron chi connectivity index (χ4n) is 2.08. The first-order valence-corrected chi connectivity index (χ1v) is 7.71. The van der Waals surface area contributed by atoms with Crippen LogP contribution in [0.4, 0.5) is 10.1 Å².